The summed E-state index contributed by atoms with van der Waals surface area (Å²) in [7, 11) is 0. The quantitative estimate of drug-likeness (QED) is 0.545. The number of hydrogen-bond acceptors (Lipinski definition) is 0. The third-order valence-electron chi connectivity index (χ3n) is 1.55. The molecule has 2 rings (SSSR count). The van der Waals surface area contributed by atoms with E-state index >= 15 is 0 Å². The number of para-hydroxylation sites is 1. The molecule has 1 aromatic carbocycles. The lowest BCUT2D eigenvalue weighted by Crippen LogP contribution is -1.75. The zero-order valence-corrected chi connectivity index (χ0v) is 5.51. The Morgan fingerprint density at radius 1 is 1.27 bits per heavy atom. The summed E-state index contributed by atoms with van der Waals surface area (Å²) in [6.45, 7) is 0. The second kappa shape index (κ2) is 2.05. The first-order valence-corrected chi connectivity index (χ1v) is 3.13. The molecule has 2 aromatic rings. The first kappa shape index (κ1) is 6.34. The van der Waals surface area contributed by atoms with Gasteiger partial charge in [-0.1, -0.05) is 16.6 Å². The molecule has 3 heteroatoms. The maximum absolute atomic E-state index is 12.7. The Balaban J connectivity index is 2.95. The average Bonchev–Trinajstić information content (AvgIpc) is 2.30. The van der Waals surface area contributed by atoms with Gasteiger partial charge < -0.3 is 0 Å². The Bertz CT molecular complexity index is 356. The van der Waals surface area contributed by atoms with E-state index < -0.39 is 5.82 Å². The Labute approximate surface area is 61.8 Å². The van der Waals surface area contributed by atoms with Gasteiger partial charge in [0, 0.05) is 5.39 Å². The molecule has 1 heterocycles. The highest BCUT2D eigenvalue weighted by Gasteiger charge is 2.06. The van der Waals surface area contributed by atoms with Crippen LogP contribution in [0.1, 0.15) is 0 Å². The summed E-state index contributed by atoms with van der Waals surface area (Å²) in [4.78, 5) is 0.157. The minimum Gasteiger partial charge on any atom is -0.204 e. The second-order valence-corrected chi connectivity index (χ2v) is 2.22. The van der Waals surface area contributed by atoms with E-state index in [1.54, 1.807) is 12.1 Å². The summed E-state index contributed by atoms with van der Waals surface area (Å²) in [5.41, 5.74) is 0.213. The molecule has 0 saturated heterocycles. The van der Waals surface area contributed by atoms with Crippen LogP contribution in [-0.4, -0.2) is 4.79 Å². The van der Waals surface area contributed by atoms with E-state index in [0.29, 0.717) is 0 Å². The summed E-state index contributed by atoms with van der Waals surface area (Å²) < 4.78 is 25.3. The van der Waals surface area contributed by atoms with Crippen molar-refractivity contribution in [3.05, 3.63) is 36.3 Å². The van der Waals surface area contributed by atoms with Gasteiger partial charge in [-0.2, -0.15) is 4.79 Å². The van der Waals surface area contributed by atoms with Crippen LogP contribution in [0.25, 0.3) is 10.9 Å². The molecule has 0 unspecified atom stereocenters. The topological polar surface area (TPSA) is 4.93 Å². The van der Waals surface area contributed by atoms with Crippen LogP contribution in [0.5, 0.6) is 0 Å². The van der Waals surface area contributed by atoms with Gasteiger partial charge in [0.2, 0.25) is 0 Å². The molecular weight excluding hydrogens is 148 g/mol. The van der Waals surface area contributed by atoms with Crippen molar-refractivity contribution in [2.75, 3.05) is 0 Å². The minimum atomic E-state index is -0.650. The summed E-state index contributed by atoms with van der Waals surface area (Å²) in [6, 6.07) is 6.30. The van der Waals surface area contributed by atoms with Crippen LogP contribution in [0.2, 0.25) is 0 Å². The molecule has 0 aliphatic rings. The van der Waals surface area contributed by atoms with E-state index in [0.717, 1.165) is 0 Å². The van der Waals surface area contributed by atoms with Crippen molar-refractivity contribution in [1.29, 1.82) is 0 Å². The molecule has 0 bridgehead atoms. The normalized spacial score (nSPS) is 10.7. The van der Waals surface area contributed by atoms with Gasteiger partial charge >= 0.3 is 0 Å². The fraction of sp³-hybridized carbons (Fsp3) is 0. The Kier molecular flexibility index (Phi) is 1.18. The van der Waals surface area contributed by atoms with Crippen molar-refractivity contribution in [3.63, 3.8) is 0 Å². The lowest BCUT2D eigenvalue weighted by molar-refractivity contribution is 0.378. The van der Waals surface area contributed by atoms with Crippen molar-refractivity contribution in [3.8, 4) is 0 Å². The van der Waals surface area contributed by atoms with Gasteiger partial charge in [0.15, 0.2) is 5.82 Å². The molecule has 0 spiro atoms. The smallest absolute Gasteiger partial charge is 0.161 e. The summed E-state index contributed by atoms with van der Waals surface area (Å²) >= 11 is 0. The van der Waals surface area contributed by atoms with E-state index in [-0.39, 0.29) is 15.7 Å². The van der Waals surface area contributed by atoms with Gasteiger partial charge in [0.1, 0.15) is 6.20 Å². The molecule has 1 aromatic heterocycles. The van der Waals surface area contributed by atoms with Gasteiger partial charge in [-0.15, -0.1) is 0 Å². The van der Waals surface area contributed by atoms with E-state index in [4.69, 9.17) is 0 Å². The number of nitrogens with zero attached hydrogens (tertiary/aromatic N) is 1. The average molecular weight is 152 g/mol. The fourth-order valence-electron chi connectivity index (χ4n) is 1.04. The van der Waals surface area contributed by atoms with E-state index in [9.17, 15) is 8.87 Å². The standard InChI is InChI=1S/C8H4F2N/c9-7-5-11(10)8-4-2-1-3-6(7)8/h1-4H. The van der Waals surface area contributed by atoms with Gasteiger partial charge in [-0.3, -0.25) is 0 Å². The molecule has 0 fully saturated rings. The molecule has 1 nitrogen and oxygen atoms in total. The first-order chi connectivity index (χ1) is 5.29. The maximum Gasteiger partial charge on any atom is 0.161 e. The highest BCUT2D eigenvalue weighted by atomic mass is 19.2. The van der Waals surface area contributed by atoms with Gasteiger partial charge in [-0.05, 0) is 12.1 Å². The predicted molar refractivity (Wildman–Crippen MR) is 37.2 cm³/mol. The maximum atomic E-state index is 12.7. The Morgan fingerprint density at radius 2 is 2.00 bits per heavy atom. The predicted octanol–water partition coefficient (Wildman–Crippen LogP) is 2.31. The van der Waals surface area contributed by atoms with Crippen LogP contribution in [0, 0.1) is 12.0 Å². The molecule has 0 atom stereocenters. The van der Waals surface area contributed by atoms with Crippen LogP contribution >= 0.6 is 0 Å². The number of hydrogen-bond donors (Lipinski definition) is 0. The van der Waals surface area contributed by atoms with Crippen LogP contribution < -0.4 is 0 Å². The van der Waals surface area contributed by atoms with E-state index in [2.05, 4.69) is 0 Å². The third-order valence-corrected chi connectivity index (χ3v) is 1.55. The summed E-state index contributed by atoms with van der Waals surface area (Å²) in [5.74, 6) is -0.650. The van der Waals surface area contributed by atoms with Crippen LogP contribution in [0.15, 0.2) is 24.3 Å². The zero-order chi connectivity index (χ0) is 7.84. The van der Waals surface area contributed by atoms with Gasteiger partial charge in [0.25, 0.3) is 0 Å². The van der Waals surface area contributed by atoms with Crippen LogP contribution in [0.3, 0.4) is 0 Å². The minimum absolute atomic E-state index is 0.157. The Hall–Kier alpha value is -1.38. The largest absolute Gasteiger partial charge is 0.204 e. The lowest BCUT2D eigenvalue weighted by Gasteiger charge is -1.87. The van der Waals surface area contributed by atoms with E-state index in [1.807, 2.05) is 6.20 Å². The van der Waals surface area contributed by atoms with Gasteiger partial charge in [-0.25, -0.2) is 4.39 Å². The third kappa shape index (κ3) is 0.808. The Morgan fingerprint density at radius 3 is 2.73 bits per heavy atom. The molecular formula is C8H4F2N. The number of aromatic nitrogens is 1. The highest BCUT2D eigenvalue weighted by Crippen LogP contribution is 2.18. The number of halogens is 2. The second-order valence-electron chi connectivity index (χ2n) is 2.22. The van der Waals surface area contributed by atoms with Gasteiger partial charge in [0.05, 0.1) is 5.52 Å². The van der Waals surface area contributed by atoms with Crippen molar-refractivity contribution in [2.45, 2.75) is 0 Å². The van der Waals surface area contributed by atoms with E-state index in [1.165, 1.54) is 12.1 Å². The molecule has 55 valence electrons. The summed E-state index contributed by atoms with van der Waals surface area (Å²) in [6.07, 6.45) is 1.90. The molecule has 0 amide bonds. The van der Waals surface area contributed by atoms with Crippen molar-refractivity contribution in [1.82, 2.24) is 4.79 Å². The number of fused-ring (bicyclic) bond motifs is 1. The first-order valence-electron chi connectivity index (χ1n) is 3.13. The van der Waals surface area contributed by atoms with Crippen molar-refractivity contribution < 1.29 is 8.87 Å². The lowest BCUT2D eigenvalue weighted by atomic mass is 10.2. The molecule has 11 heavy (non-hydrogen) atoms. The number of benzene rings is 1. The summed E-state index contributed by atoms with van der Waals surface area (Å²) in [5, 5.41) is 0.259. The van der Waals surface area contributed by atoms with Crippen molar-refractivity contribution in [2.24, 2.45) is 0 Å². The van der Waals surface area contributed by atoms with Crippen molar-refractivity contribution >= 4 is 10.9 Å². The fourth-order valence-corrected chi connectivity index (χ4v) is 1.04. The van der Waals surface area contributed by atoms with Crippen LogP contribution in [0.4, 0.5) is 8.87 Å². The molecule has 0 N–H and O–H groups in total. The SMILES string of the molecule is Fc1[c]n(F)c2ccccc12. The highest BCUT2D eigenvalue weighted by molar-refractivity contribution is 5.80. The molecule has 0 aliphatic heterocycles. The zero-order valence-electron chi connectivity index (χ0n) is 5.51. The number of rotatable bonds is 0. The monoisotopic (exact) mass is 152 g/mol. The molecule has 0 aliphatic carbocycles. The molecule has 0 saturated carbocycles. The van der Waals surface area contributed by atoms with Crippen LogP contribution in [-0.2, 0) is 0 Å². The molecule has 1 radical (unpaired) electrons.